The molecule has 7 nitrogen and oxygen atoms in total. The summed E-state index contributed by atoms with van der Waals surface area (Å²) in [6.45, 7) is -0.588. The molecule has 0 atom stereocenters. The molecule has 17 heavy (non-hydrogen) atoms. The summed E-state index contributed by atoms with van der Waals surface area (Å²) in [6, 6.07) is 3.24. The summed E-state index contributed by atoms with van der Waals surface area (Å²) < 4.78 is 0. The highest BCUT2D eigenvalue weighted by Gasteiger charge is 2.07. The Kier molecular flexibility index (Phi) is 4.41. The average molecular weight is 239 g/mol. The van der Waals surface area contributed by atoms with E-state index in [4.69, 9.17) is 5.11 Å². The average Bonchev–Trinajstić information content (AvgIpc) is 2.28. The first kappa shape index (κ1) is 12.9. The van der Waals surface area contributed by atoms with E-state index in [-0.39, 0.29) is 0 Å². The number of hydrogen-bond donors (Lipinski definition) is 2. The molecule has 7 heteroatoms. The van der Waals surface area contributed by atoms with Crippen LogP contribution < -0.4 is 10.4 Å². The molecule has 0 saturated carbocycles. The molecule has 0 aliphatic heterocycles. The zero-order valence-electron chi connectivity index (χ0n) is 9.51. The zero-order chi connectivity index (χ0) is 12.8. The minimum Gasteiger partial charge on any atom is -0.479 e. The Morgan fingerprint density at radius 2 is 2.18 bits per heavy atom. The van der Waals surface area contributed by atoms with E-state index in [0.717, 1.165) is 0 Å². The van der Waals surface area contributed by atoms with Crippen LogP contribution in [-0.4, -0.2) is 42.7 Å². The summed E-state index contributed by atoms with van der Waals surface area (Å²) in [6.07, 6.45) is 1.38. The van der Waals surface area contributed by atoms with Crippen molar-refractivity contribution in [3.63, 3.8) is 0 Å². The Hall–Kier alpha value is -2.15. The Bertz CT molecular complexity index is 403. The Morgan fingerprint density at radius 1 is 1.47 bits per heavy atom. The molecule has 1 heterocycles. The van der Waals surface area contributed by atoms with E-state index in [9.17, 15) is 9.59 Å². The van der Waals surface area contributed by atoms with Crippen LogP contribution in [0.3, 0.4) is 0 Å². The third-order valence-corrected chi connectivity index (χ3v) is 1.83. The van der Waals surface area contributed by atoms with Crippen molar-refractivity contribution in [1.82, 2.24) is 10.5 Å². The highest BCUT2D eigenvalue weighted by molar-refractivity contribution is 5.93. The van der Waals surface area contributed by atoms with Gasteiger partial charge in [0.2, 0.25) is 0 Å². The Morgan fingerprint density at radius 3 is 2.65 bits per heavy atom. The largest absolute Gasteiger partial charge is 0.479 e. The smallest absolute Gasteiger partial charge is 0.332 e. The third kappa shape index (κ3) is 4.07. The minimum atomic E-state index is -1.16. The molecule has 0 aromatic carbocycles. The molecule has 92 valence electrons. The van der Waals surface area contributed by atoms with Gasteiger partial charge in [-0.1, -0.05) is 0 Å². The number of carboxylic acids is 1. The normalized spacial score (nSPS) is 9.76. The topological polar surface area (TPSA) is 91.8 Å². The third-order valence-electron chi connectivity index (χ3n) is 1.83. The number of pyridine rings is 1. The molecular weight excluding hydrogens is 226 g/mol. The fourth-order valence-corrected chi connectivity index (χ4v) is 1.01. The van der Waals surface area contributed by atoms with Crippen molar-refractivity contribution >= 4 is 17.7 Å². The number of hydrogen-bond acceptors (Lipinski definition) is 5. The number of amides is 1. The van der Waals surface area contributed by atoms with Gasteiger partial charge in [0.05, 0.1) is 5.56 Å². The highest BCUT2D eigenvalue weighted by atomic mass is 16.7. The molecule has 1 aromatic heterocycles. The second-order valence-electron chi connectivity index (χ2n) is 3.41. The van der Waals surface area contributed by atoms with Gasteiger partial charge in [0.1, 0.15) is 5.82 Å². The predicted molar refractivity (Wildman–Crippen MR) is 59.6 cm³/mol. The lowest BCUT2D eigenvalue weighted by Gasteiger charge is -2.11. The van der Waals surface area contributed by atoms with E-state index in [2.05, 4.69) is 9.82 Å². The first-order valence-electron chi connectivity index (χ1n) is 4.78. The Balaban J connectivity index is 2.54. The number of carboxylic acid groups (broad SMARTS) is 1. The van der Waals surface area contributed by atoms with Gasteiger partial charge in [0.15, 0.2) is 6.61 Å². The number of carbonyl (C=O) groups is 2. The van der Waals surface area contributed by atoms with Crippen molar-refractivity contribution in [2.45, 2.75) is 0 Å². The van der Waals surface area contributed by atoms with Crippen LogP contribution in [-0.2, 0) is 9.63 Å². The predicted octanol–water partition coefficient (Wildman–Crippen LogP) is -0.106. The van der Waals surface area contributed by atoms with Gasteiger partial charge in [-0.3, -0.25) is 9.63 Å². The van der Waals surface area contributed by atoms with E-state index < -0.39 is 18.5 Å². The molecule has 0 unspecified atom stereocenters. The van der Waals surface area contributed by atoms with E-state index in [1.807, 2.05) is 19.6 Å². The summed E-state index contributed by atoms with van der Waals surface area (Å²) in [5, 5.41) is 8.30. The van der Waals surface area contributed by atoms with Gasteiger partial charge in [0, 0.05) is 20.3 Å². The lowest BCUT2D eigenvalue weighted by molar-refractivity contribution is -0.144. The molecule has 1 aromatic rings. The molecular formula is C10H13N3O4. The SMILES string of the molecule is CN(C)c1ccc(C(=O)NOCC(=O)O)cn1. The molecule has 1 amide bonds. The lowest BCUT2D eigenvalue weighted by atomic mass is 10.3. The van der Waals surface area contributed by atoms with Crippen LogP contribution in [0.4, 0.5) is 5.82 Å². The van der Waals surface area contributed by atoms with Crippen molar-refractivity contribution in [3.05, 3.63) is 23.9 Å². The lowest BCUT2D eigenvalue weighted by Crippen LogP contribution is -2.26. The molecule has 1 rings (SSSR count). The molecule has 0 spiro atoms. The number of carbonyl (C=O) groups excluding carboxylic acids is 1. The van der Waals surface area contributed by atoms with Gasteiger partial charge in [-0.2, -0.15) is 0 Å². The van der Waals surface area contributed by atoms with Crippen LogP contribution in [0, 0.1) is 0 Å². The second kappa shape index (κ2) is 5.80. The summed E-state index contributed by atoms with van der Waals surface area (Å²) in [5.74, 6) is -0.983. The quantitative estimate of drug-likeness (QED) is 0.697. The van der Waals surface area contributed by atoms with Crippen molar-refractivity contribution in [3.8, 4) is 0 Å². The van der Waals surface area contributed by atoms with Crippen LogP contribution in [0.25, 0.3) is 0 Å². The number of anilines is 1. The fourth-order valence-electron chi connectivity index (χ4n) is 1.01. The van der Waals surface area contributed by atoms with Gasteiger partial charge < -0.3 is 10.0 Å². The maximum atomic E-state index is 11.4. The maximum absolute atomic E-state index is 11.4. The first-order chi connectivity index (χ1) is 8.00. The summed E-state index contributed by atoms with van der Waals surface area (Å²) in [5.41, 5.74) is 2.30. The molecule has 2 N–H and O–H groups in total. The summed E-state index contributed by atoms with van der Waals surface area (Å²) in [7, 11) is 3.66. The van der Waals surface area contributed by atoms with Crippen LogP contribution >= 0.6 is 0 Å². The van der Waals surface area contributed by atoms with E-state index in [1.54, 1.807) is 17.0 Å². The van der Waals surface area contributed by atoms with Crippen molar-refractivity contribution in [2.75, 3.05) is 25.6 Å². The van der Waals surface area contributed by atoms with E-state index >= 15 is 0 Å². The molecule has 0 fully saturated rings. The molecule has 0 bridgehead atoms. The molecule has 0 aliphatic rings. The Labute approximate surface area is 98.0 Å². The van der Waals surface area contributed by atoms with Crippen LogP contribution in [0.5, 0.6) is 0 Å². The first-order valence-corrected chi connectivity index (χ1v) is 4.78. The number of aromatic nitrogens is 1. The monoisotopic (exact) mass is 239 g/mol. The minimum absolute atomic E-state index is 0.293. The van der Waals surface area contributed by atoms with Crippen LogP contribution in [0.1, 0.15) is 10.4 Å². The van der Waals surface area contributed by atoms with Crippen molar-refractivity contribution in [1.29, 1.82) is 0 Å². The molecule has 0 radical (unpaired) electrons. The number of aliphatic carboxylic acids is 1. The van der Waals surface area contributed by atoms with Crippen LogP contribution in [0.2, 0.25) is 0 Å². The van der Waals surface area contributed by atoms with E-state index in [0.29, 0.717) is 11.4 Å². The van der Waals surface area contributed by atoms with Crippen LogP contribution in [0.15, 0.2) is 18.3 Å². The number of rotatable bonds is 5. The molecule has 0 saturated heterocycles. The summed E-state index contributed by atoms with van der Waals surface area (Å²) >= 11 is 0. The number of nitrogens with zero attached hydrogens (tertiary/aromatic N) is 2. The van der Waals surface area contributed by atoms with E-state index in [1.165, 1.54) is 6.20 Å². The van der Waals surface area contributed by atoms with Gasteiger partial charge in [0.25, 0.3) is 5.91 Å². The standard InChI is InChI=1S/C10H13N3O4/c1-13(2)8-4-3-7(5-11-8)10(16)12-17-6-9(14)15/h3-5H,6H2,1-2H3,(H,12,16)(H,14,15). The highest BCUT2D eigenvalue weighted by Crippen LogP contribution is 2.07. The maximum Gasteiger partial charge on any atom is 0.332 e. The summed E-state index contributed by atoms with van der Waals surface area (Å²) in [4.78, 5) is 31.8. The van der Waals surface area contributed by atoms with Gasteiger partial charge in [-0.05, 0) is 12.1 Å². The van der Waals surface area contributed by atoms with Crippen molar-refractivity contribution < 1.29 is 19.5 Å². The van der Waals surface area contributed by atoms with Gasteiger partial charge in [-0.15, -0.1) is 0 Å². The fraction of sp³-hybridized carbons (Fsp3) is 0.300. The van der Waals surface area contributed by atoms with Gasteiger partial charge in [-0.25, -0.2) is 15.3 Å². The van der Waals surface area contributed by atoms with Crippen molar-refractivity contribution in [2.24, 2.45) is 0 Å². The number of hydroxylamine groups is 1. The van der Waals surface area contributed by atoms with Gasteiger partial charge >= 0.3 is 5.97 Å². The number of nitrogens with one attached hydrogen (secondary N) is 1. The second-order valence-corrected chi connectivity index (χ2v) is 3.41. The zero-order valence-corrected chi connectivity index (χ0v) is 9.51. The molecule has 0 aliphatic carbocycles.